The zero-order valence-electron chi connectivity index (χ0n) is 26.2. The third kappa shape index (κ3) is 11.4. The average molecular weight is 654 g/mol. The molecule has 17 nitrogen and oxygen atoms in total. The molecule has 3 saturated heterocycles. The van der Waals surface area contributed by atoms with E-state index >= 15 is 0 Å². The number of carbonyl (C=O) groups is 6. The lowest BCUT2D eigenvalue weighted by atomic mass is 10.1. The molecule has 18 heteroatoms. The van der Waals surface area contributed by atoms with Crippen LogP contribution in [0.2, 0.25) is 0 Å². The van der Waals surface area contributed by atoms with Gasteiger partial charge in [-0.25, -0.2) is 0 Å². The topological polar surface area (TPSA) is 277 Å². The fraction of sp³-hybridized carbons (Fsp3) is 0.741. The van der Waals surface area contributed by atoms with E-state index in [1.807, 2.05) is 20.8 Å². The summed E-state index contributed by atoms with van der Waals surface area (Å²) in [7, 11) is 0. The molecule has 0 aromatic carbocycles. The van der Waals surface area contributed by atoms with Gasteiger partial charge in [-0.05, 0) is 43.2 Å². The van der Waals surface area contributed by atoms with E-state index in [4.69, 9.17) is 28.5 Å². The Morgan fingerprint density at radius 3 is 1.60 bits per heavy atom. The maximum atomic E-state index is 11.6. The van der Waals surface area contributed by atoms with E-state index in [0.717, 1.165) is 0 Å². The van der Waals surface area contributed by atoms with Crippen LogP contribution in [0.1, 0.15) is 59.3 Å². The molecule has 252 valence electrons. The molecule has 3 fully saturated rings. The highest BCUT2D eigenvalue weighted by Gasteiger charge is 2.37. The molecule has 3 rings (SSSR count). The lowest BCUT2D eigenvalue weighted by Crippen LogP contribution is -2.46. The fourth-order valence-corrected chi connectivity index (χ4v) is 5.81. The molecule has 0 spiro atoms. The first-order valence-corrected chi connectivity index (χ1v) is 15.4. The van der Waals surface area contributed by atoms with Crippen molar-refractivity contribution in [1.29, 1.82) is 0 Å². The maximum absolute atomic E-state index is 11.6. The van der Waals surface area contributed by atoms with Gasteiger partial charge >= 0.3 is 0 Å². The lowest BCUT2D eigenvalue weighted by molar-refractivity contribution is -0.136. The van der Waals surface area contributed by atoms with Gasteiger partial charge in [-0.15, -0.1) is 0 Å². The molecule has 9 N–H and O–H groups in total. The standard InChI is InChI=1S/C9H15N5O2.C9H15N3O2S.C9H17N3O2/c1-2-7(9(10)16)14-5-6(3-8(14)15)4-12-13-11;1-2-7(9(10)14)12-4-6(11-5-15)3-8(12)13;1-2-7(9(11)14)12-5-6(4-10)3-8(12)13/h6-7H,2-5H2,1H3,(H2,10,16);5-7H,2-4H2,1H3,(H2,10,14)(H,11,15);6-7H,2-5,10H2,1H3,(H2,11,14)/t3*6?,7-/m000/s1. The third-order valence-corrected chi connectivity index (χ3v) is 8.09. The van der Waals surface area contributed by atoms with Crippen molar-refractivity contribution in [3.8, 4) is 0 Å². The van der Waals surface area contributed by atoms with Crippen LogP contribution in [0.4, 0.5) is 0 Å². The number of hydrogen-bond acceptors (Lipinski definition) is 9. The van der Waals surface area contributed by atoms with Crippen LogP contribution < -0.4 is 28.3 Å². The molecule has 6 atom stereocenters. The fourth-order valence-electron chi connectivity index (χ4n) is 5.62. The van der Waals surface area contributed by atoms with Crippen molar-refractivity contribution in [3.05, 3.63) is 10.4 Å². The van der Waals surface area contributed by atoms with E-state index in [1.165, 1.54) is 15.3 Å². The highest BCUT2D eigenvalue weighted by atomic mass is 32.1. The number of likely N-dealkylation sites (tertiary alicyclic amines) is 3. The molecular formula is C27H47N11O6S. The summed E-state index contributed by atoms with van der Waals surface area (Å²) in [6.07, 6.45) is 2.76. The van der Waals surface area contributed by atoms with Crippen molar-refractivity contribution in [3.63, 3.8) is 0 Å². The van der Waals surface area contributed by atoms with Crippen LogP contribution in [-0.2, 0) is 28.8 Å². The molecule has 6 amide bonds. The molecule has 0 radical (unpaired) electrons. The van der Waals surface area contributed by atoms with Gasteiger partial charge in [0, 0.05) is 50.4 Å². The number of nitrogens with two attached hydrogens (primary N) is 4. The van der Waals surface area contributed by atoms with Crippen LogP contribution in [-0.4, -0.2) is 113 Å². The van der Waals surface area contributed by atoms with Crippen molar-refractivity contribution in [1.82, 2.24) is 20.0 Å². The molecule has 0 bridgehead atoms. The van der Waals surface area contributed by atoms with Crippen molar-refractivity contribution in [2.45, 2.75) is 83.5 Å². The van der Waals surface area contributed by atoms with Gasteiger partial charge in [0.15, 0.2) is 0 Å². The minimum atomic E-state index is -0.538. The van der Waals surface area contributed by atoms with Crippen LogP contribution >= 0.6 is 12.2 Å². The molecule has 3 heterocycles. The number of thiocarbonyl (C=S) groups is 1. The average Bonchev–Trinajstić information content (AvgIpc) is 3.65. The number of hydrogen-bond donors (Lipinski definition) is 5. The second-order valence-corrected chi connectivity index (χ2v) is 11.3. The van der Waals surface area contributed by atoms with Gasteiger partial charge in [0.05, 0.1) is 11.5 Å². The quantitative estimate of drug-likeness (QED) is 0.0655. The van der Waals surface area contributed by atoms with Crippen LogP contribution in [0.5, 0.6) is 0 Å². The largest absolute Gasteiger partial charge is 0.377 e. The maximum Gasteiger partial charge on any atom is 0.240 e. The number of nitrogens with zero attached hydrogens (tertiary/aromatic N) is 6. The normalized spacial score (nSPS) is 22.7. The molecule has 3 aliphatic heterocycles. The predicted molar refractivity (Wildman–Crippen MR) is 169 cm³/mol. The first kappa shape index (κ1) is 39.0. The van der Waals surface area contributed by atoms with Gasteiger partial charge < -0.3 is 43.0 Å². The molecular weight excluding hydrogens is 606 g/mol. The van der Waals surface area contributed by atoms with Gasteiger partial charge in [-0.3, -0.25) is 28.8 Å². The minimum absolute atomic E-state index is 0.00296. The number of nitrogens with one attached hydrogen (secondary N) is 1. The second-order valence-electron chi connectivity index (χ2n) is 11.1. The molecule has 0 aliphatic carbocycles. The molecule has 3 aliphatic rings. The predicted octanol–water partition coefficient (Wildman–Crippen LogP) is -1.14. The first-order valence-electron chi connectivity index (χ1n) is 15.0. The number of primary amides is 3. The summed E-state index contributed by atoms with van der Waals surface area (Å²) in [5, 5.41) is 6.34. The molecule has 0 saturated carbocycles. The van der Waals surface area contributed by atoms with Crippen LogP contribution in [0.3, 0.4) is 0 Å². The molecule has 3 unspecified atom stereocenters. The van der Waals surface area contributed by atoms with Gasteiger partial charge in [0.1, 0.15) is 18.1 Å². The Morgan fingerprint density at radius 2 is 1.24 bits per heavy atom. The number of azide groups is 1. The van der Waals surface area contributed by atoms with E-state index in [0.29, 0.717) is 64.7 Å². The van der Waals surface area contributed by atoms with Gasteiger partial charge in [0.25, 0.3) is 0 Å². The minimum Gasteiger partial charge on any atom is -0.377 e. The van der Waals surface area contributed by atoms with Crippen molar-refractivity contribution >= 4 is 53.2 Å². The van der Waals surface area contributed by atoms with Crippen molar-refractivity contribution in [2.24, 2.45) is 39.9 Å². The first-order chi connectivity index (χ1) is 21.3. The summed E-state index contributed by atoms with van der Waals surface area (Å²) >= 11 is 4.65. The third-order valence-electron chi connectivity index (χ3n) is 7.95. The van der Waals surface area contributed by atoms with Crippen LogP contribution in [0.25, 0.3) is 10.4 Å². The van der Waals surface area contributed by atoms with E-state index in [2.05, 4.69) is 27.6 Å². The van der Waals surface area contributed by atoms with Crippen molar-refractivity contribution < 1.29 is 28.8 Å². The molecule has 0 aromatic heterocycles. The van der Waals surface area contributed by atoms with Crippen LogP contribution in [0.15, 0.2) is 5.11 Å². The Morgan fingerprint density at radius 1 is 0.844 bits per heavy atom. The van der Waals surface area contributed by atoms with Gasteiger partial charge in [-0.2, -0.15) is 0 Å². The Hall–Kier alpha value is -4.02. The zero-order valence-corrected chi connectivity index (χ0v) is 27.0. The summed E-state index contributed by atoms with van der Waals surface area (Å²) in [6, 6.07) is -1.49. The Bertz CT molecular complexity index is 1130. The smallest absolute Gasteiger partial charge is 0.240 e. The SMILES string of the molecule is CC[C@@H](C(N)=O)N1CC(CN)CC1=O.CC[C@@H](C(N)=O)N1CC(CN=[N+]=[N-])CC1=O.CC[C@@H](C(N)=O)N1CC(NC=S)CC1=O. The summed E-state index contributed by atoms with van der Waals surface area (Å²) in [6.45, 7) is 7.76. The Balaban J connectivity index is 0.000000338. The zero-order chi connectivity index (χ0) is 34.3. The van der Waals surface area contributed by atoms with E-state index in [1.54, 1.807) is 4.90 Å². The van der Waals surface area contributed by atoms with Gasteiger partial charge in [0.2, 0.25) is 35.4 Å². The summed E-state index contributed by atoms with van der Waals surface area (Å²) in [4.78, 5) is 75.3. The highest BCUT2D eigenvalue weighted by molar-refractivity contribution is 7.78. The summed E-state index contributed by atoms with van der Waals surface area (Å²) in [5.41, 5.74) is 30.7. The highest BCUT2D eigenvalue weighted by Crippen LogP contribution is 2.22. The van der Waals surface area contributed by atoms with E-state index < -0.39 is 35.8 Å². The monoisotopic (exact) mass is 653 g/mol. The van der Waals surface area contributed by atoms with E-state index in [9.17, 15) is 28.8 Å². The second kappa shape index (κ2) is 19.4. The Labute approximate surface area is 268 Å². The number of amides is 6. The van der Waals surface area contributed by atoms with E-state index in [-0.39, 0.29) is 42.1 Å². The molecule has 0 aromatic rings. The number of carbonyl (C=O) groups excluding carboxylic acids is 6. The van der Waals surface area contributed by atoms with Gasteiger partial charge in [-0.1, -0.05) is 38.1 Å². The summed E-state index contributed by atoms with van der Waals surface area (Å²) < 4.78 is 0. The van der Waals surface area contributed by atoms with Crippen LogP contribution in [0, 0.1) is 11.8 Å². The number of rotatable bonds is 14. The molecule has 45 heavy (non-hydrogen) atoms. The van der Waals surface area contributed by atoms with Crippen molar-refractivity contribution in [2.75, 3.05) is 32.7 Å². The lowest BCUT2D eigenvalue weighted by Gasteiger charge is -2.24. The summed E-state index contributed by atoms with van der Waals surface area (Å²) in [5.74, 6) is -1.34. The Kier molecular flexibility index (Phi) is 16.8.